The Bertz CT molecular complexity index is 474. The molecule has 0 spiro atoms. The first kappa shape index (κ1) is 19.8. The Morgan fingerprint density at radius 2 is 2.09 bits per heavy atom. The first-order chi connectivity index (χ1) is 10.7. The van der Waals surface area contributed by atoms with Gasteiger partial charge in [0.2, 0.25) is 5.91 Å². The third-order valence-electron chi connectivity index (χ3n) is 4.22. The molecule has 1 aliphatic rings. The summed E-state index contributed by atoms with van der Waals surface area (Å²) in [5, 5.41) is 3.40. The summed E-state index contributed by atoms with van der Waals surface area (Å²) >= 11 is 0. The molecule has 1 amide bonds. The lowest BCUT2D eigenvalue weighted by molar-refractivity contribution is -0.133. The van der Waals surface area contributed by atoms with Gasteiger partial charge in [0, 0.05) is 13.1 Å². The molecule has 0 bridgehead atoms. The molecule has 0 aliphatic carbocycles. The van der Waals surface area contributed by atoms with Gasteiger partial charge in [-0.2, -0.15) is 0 Å². The lowest BCUT2D eigenvalue weighted by Gasteiger charge is -2.32. The lowest BCUT2D eigenvalue weighted by Crippen LogP contribution is -2.41. The Labute approximate surface area is 146 Å². The number of benzene rings is 1. The molecule has 1 aliphatic heterocycles. The van der Waals surface area contributed by atoms with E-state index in [2.05, 4.69) is 12.2 Å². The lowest BCUT2D eigenvalue weighted by atomic mass is 9.96. The molecule has 0 unspecified atom stereocenters. The molecule has 5 heteroatoms. The van der Waals surface area contributed by atoms with E-state index in [1.165, 1.54) is 5.56 Å². The molecule has 2 rings (SSSR count). The molecule has 0 aromatic heterocycles. The van der Waals surface area contributed by atoms with Crippen LogP contribution in [0, 0.1) is 12.8 Å². The molecule has 0 atom stereocenters. The maximum atomic E-state index is 12.2. The number of rotatable bonds is 7. The van der Waals surface area contributed by atoms with E-state index in [0.717, 1.165) is 44.8 Å². The van der Waals surface area contributed by atoms with E-state index in [1.54, 1.807) is 0 Å². The SMILES string of the molecule is CCNCC1CCN(C(=O)CCOc2cccc(C)c2)CC1.Cl. The molecular formula is C18H29ClN2O2. The second kappa shape index (κ2) is 10.5. The van der Waals surface area contributed by atoms with Crippen molar-refractivity contribution in [3.8, 4) is 5.75 Å². The molecule has 1 fully saturated rings. The van der Waals surface area contributed by atoms with Gasteiger partial charge in [0.1, 0.15) is 5.75 Å². The van der Waals surface area contributed by atoms with Gasteiger partial charge >= 0.3 is 0 Å². The normalized spacial score (nSPS) is 15.1. The van der Waals surface area contributed by atoms with Crippen molar-refractivity contribution in [2.75, 3.05) is 32.8 Å². The second-order valence-electron chi connectivity index (χ2n) is 6.05. The van der Waals surface area contributed by atoms with Crippen LogP contribution in [-0.2, 0) is 4.79 Å². The van der Waals surface area contributed by atoms with Crippen molar-refractivity contribution in [3.63, 3.8) is 0 Å². The van der Waals surface area contributed by atoms with Gasteiger partial charge in [-0.3, -0.25) is 4.79 Å². The second-order valence-corrected chi connectivity index (χ2v) is 6.05. The number of ether oxygens (including phenoxy) is 1. The zero-order chi connectivity index (χ0) is 15.8. The molecule has 23 heavy (non-hydrogen) atoms. The van der Waals surface area contributed by atoms with Crippen LogP contribution in [-0.4, -0.2) is 43.6 Å². The maximum absolute atomic E-state index is 12.2. The standard InChI is InChI=1S/C18H28N2O2.ClH/c1-3-19-14-16-7-10-20(11-8-16)18(21)9-12-22-17-6-4-5-15(2)13-17;/h4-6,13,16,19H,3,7-12,14H2,1-2H3;1H. The predicted molar refractivity (Wildman–Crippen MR) is 96.4 cm³/mol. The minimum absolute atomic E-state index is 0. The third-order valence-corrected chi connectivity index (χ3v) is 4.22. The first-order valence-corrected chi connectivity index (χ1v) is 8.37. The van der Waals surface area contributed by atoms with Gasteiger partial charge in [-0.1, -0.05) is 19.1 Å². The summed E-state index contributed by atoms with van der Waals surface area (Å²) < 4.78 is 5.67. The van der Waals surface area contributed by atoms with Gasteiger partial charge in [-0.25, -0.2) is 0 Å². The molecule has 4 nitrogen and oxygen atoms in total. The van der Waals surface area contributed by atoms with Crippen LogP contribution in [0.15, 0.2) is 24.3 Å². The zero-order valence-electron chi connectivity index (χ0n) is 14.2. The fourth-order valence-corrected chi connectivity index (χ4v) is 2.85. The number of amides is 1. The average Bonchev–Trinajstić information content (AvgIpc) is 2.53. The van der Waals surface area contributed by atoms with Crippen LogP contribution in [0.4, 0.5) is 0 Å². The molecule has 1 aromatic carbocycles. The Balaban J connectivity index is 0.00000264. The highest BCUT2D eigenvalue weighted by atomic mass is 35.5. The monoisotopic (exact) mass is 340 g/mol. The summed E-state index contributed by atoms with van der Waals surface area (Å²) in [5.41, 5.74) is 1.17. The molecule has 1 heterocycles. The van der Waals surface area contributed by atoms with Crippen molar-refractivity contribution in [1.82, 2.24) is 10.2 Å². The Morgan fingerprint density at radius 3 is 2.74 bits per heavy atom. The highest BCUT2D eigenvalue weighted by Crippen LogP contribution is 2.17. The summed E-state index contributed by atoms with van der Waals surface area (Å²) in [4.78, 5) is 14.2. The van der Waals surface area contributed by atoms with E-state index in [1.807, 2.05) is 36.1 Å². The fourth-order valence-electron chi connectivity index (χ4n) is 2.85. The van der Waals surface area contributed by atoms with Gasteiger partial charge < -0.3 is 15.0 Å². The summed E-state index contributed by atoms with van der Waals surface area (Å²) in [7, 11) is 0. The van der Waals surface area contributed by atoms with Gasteiger partial charge in [-0.05, 0) is 56.5 Å². The number of nitrogens with zero attached hydrogens (tertiary/aromatic N) is 1. The number of likely N-dealkylation sites (tertiary alicyclic amines) is 1. The van der Waals surface area contributed by atoms with Crippen molar-refractivity contribution >= 4 is 18.3 Å². The molecule has 130 valence electrons. The summed E-state index contributed by atoms with van der Waals surface area (Å²) in [6.45, 7) is 8.51. The van der Waals surface area contributed by atoms with Gasteiger partial charge in [-0.15, -0.1) is 12.4 Å². The largest absolute Gasteiger partial charge is 0.493 e. The molecular weight excluding hydrogens is 312 g/mol. The van der Waals surface area contributed by atoms with Crippen molar-refractivity contribution in [1.29, 1.82) is 0 Å². The first-order valence-electron chi connectivity index (χ1n) is 8.37. The van der Waals surface area contributed by atoms with Gasteiger partial charge in [0.15, 0.2) is 0 Å². The van der Waals surface area contributed by atoms with E-state index in [0.29, 0.717) is 18.9 Å². The Morgan fingerprint density at radius 1 is 1.35 bits per heavy atom. The van der Waals surface area contributed by atoms with E-state index >= 15 is 0 Å². The van der Waals surface area contributed by atoms with E-state index in [4.69, 9.17) is 4.74 Å². The van der Waals surface area contributed by atoms with E-state index < -0.39 is 0 Å². The number of nitrogens with one attached hydrogen (secondary N) is 1. The Kier molecular flexibility index (Phi) is 9.03. The van der Waals surface area contributed by atoms with Crippen molar-refractivity contribution in [2.24, 2.45) is 5.92 Å². The molecule has 1 aromatic rings. The summed E-state index contributed by atoms with van der Waals surface area (Å²) in [6.07, 6.45) is 2.68. The third kappa shape index (κ3) is 6.80. The van der Waals surface area contributed by atoms with Crippen LogP contribution in [0.25, 0.3) is 0 Å². The number of piperidine rings is 1. The van der Waals surface area contributed by atoms with Crippen LogP contribution in [0.1, 0.15) is 31.7 Å². The minimum Gasteiger partial charge on any atom is -0.493 e. The maximum Gasteiger partial charge on any atom is 0.225 e. The number of carbonyl (C=O) groups excluding carboxylic acids is 1. The van der Waals surface area contributed by atoms with Crippen molar-refractivity contribution in [3.05, 3.63) is 29.8 Å². The fraction of sp³-hybridized carbons (Fsp3) is 0.611. The minimum atomic E-state index is 0. The van der Waals surface area contributed by atoms with Crippen LogP contribution in [0.3, 0.4) is 0 Å². The predicted octanol–water partition coefficient (Wildman–Crippen LogP) is 3.03. The summed E-state index contributed by atoms with van der Waals surface area (Å²) in [5.74, 6) is 1.78. The quantitative estimate of drug-likeness (QED) is 0.829. The highest BCUT2D eigenvalue weighted by molar-refractivity contribution is 5.85. The Hall–Kier alpha value is -1.26. The highest BCUT2D eigenvalue weighted by Gasteiger charge is 2.22. The van der Waals surface area contributed by atoms with Crippen LogP contribution < -0.4 is 10.1 Å². The van der Waals surface area contributed by atoms with E-state index in [9.17, 15) is 4.79 Å². The molecule has 0 saturated carbocycles. The summed E-state index contributed by atoms with van der Waals surface area (Å²) in [6, 6.07) is 7.94. The van der Waals surface area contributed by atoms with Crippen LogP contribution in [0.5, 0.6) is 5.75 Å². The molecule has 0 radical (unpaired) electrons. The smallest absolute Gasteiger partial charge is 0.225 e. The average molecular weight is 341 g/mol. The van der Waals surface area contributed by atoms with Gasteiger partial charge in [0.05, 0.1) is 13.0 Å². The number of hydrogen-bond acceptors (Lipinski definition) is 3. The molecule has 1 saturated heterocycles. The number of hydrogen-bond donors (Lipinski definition) is 1. The van der Waals surface area contributed by atoms with Crippen LogP contribution >= 0.6 is 12.4 Å². The molecule has 1 N–H and O–H groups in total. The number of carbonyl (C=O) groups is 1. The van der Waals surface area contributed by atoms with Crippen LogP contribution in [0.2, 0.25) is 0 Å². The van der Waals surface area contributed by atoms with Crippen molar-refractivity contribution < 1.29 is 9.53 Å². The number of halogens is 1. The van der Waals surface area contributed by atoms with Gasteiger partial charge in [0.25, 0.3) is 0 Å². The number of aryl methyl sites for hydroxylation is 1. The van der Waals surface area contributed by atoms with E-state index in [-0.39, 0.29) is 18.3 Å². The van der Waals surface area contributed by atoms with Crippen molar-refractivity contribution in [2.45, 2.75) is 33.1 Å². The topological polar surface area (TPSA) is 41.6 Å². The zero-order valence-corrected chi connectivity index (χ0v) is 15.0.